The Balaban J connectivity index is 1.85. The summed E-state index contributed by atoms with van der Waals surface area (Å²) in [5, 5.41) is 3.37. The SMILES string of the molecule is CC(C)Oc1cccc(NCC(C)Oc2ccccc2)c1. The highest BCUT2D eigenvalue weighted by Crippen LogP contribution is 2.19. The standard InChI is InChI=1S/C18H23NO2/c1-14(2)20-18-11-7-8-16(12-18)19-13-15(3)21-17-9-5-4-6-10-17/h4-12,14-15,19H,13H2,1-3H3. The van der Waals surface area contributed by atoms with Gasteiger partial charge in [-0.15, -0.1) is 0 Å². The van der Waals surface area contributed by atoms with E-state index in [-0.39, 0.29) is 12.2 Å². The van der Waals surface area contributed by atoms with Crippen molar-refractivity contribution in [3.05, 3.63) is 54.6 Å². The molecule has 0 amide bonds. The fraction of sp³-hybridized carbons (Fsp3) is 0.333. The summed E-state index contributed by atoms with van der Waals surface area (Å²) in [4.78, 5) is 0. The van der Waals surface area contributed by atoms with E-state index >= 15 is 0 Å². The maximum absolute atomic E-state index is 5.84. The van der Waals surface area contributed by atoms with Gasteiger partial charge in [-0.3, -0.25) is 0 Å². The Morgan fingerprint density at radius 1 is 0.857 bits per heavy atom. The van der Waals surface area contributed by atoms with E-state index < -0.39 is 0 Å². The summed E-state index contributed by atoms with van der Waals surface area (Å²) in [6.07, 6.45) is 0.266. The number of nitrogens with one attached hydrogen (secondary N) is 1. The first-order valence-corrected chi connectivity index (χ1v) is 7.36. The van der Waals surface area contributed by atoms with Crippen molar-refractivity contribution in [2.45, 2.75) is 33.0 Å². The molecule has 0 aliphatic rings. The predicted octanol–water partition coefficient (Wildman–Crippen LogP) is 4.35. The molecular weight excluding hydrogens is 262 g/mol. The van der Waals surface area contributed by atoms with Crippen LogP contribution in [-0.2, 0) is 0 Å². The summed E-state index contributed by atoms with van der Waals surface area (Å²) in [6, 6.07) is 17.9. The van der Waals surface area contributed by atoms with E-state index in [4.69, 9.17) is 9.47 Å². The maximum Gasteiger partial charge on any atom is 0.121 e. The van der Waals surface area contributed by atoms with Gasteiger partial charge in [-0.1, -0.05) is 24.3 Å². The first-order chi connectivity index (χ1) is 10.1. The molecule has 1 unspecified atom stereocenters. The minimum Gasteiger partial charge on any atom is -0.491 e. The number of ether oxygens (including phenoxy) is 2. The van der Waals surface area contributed by atoms with Crippen LogP contribution in [0, 0.1) is 0 Å². The highest BCUT2D eigenvalue weighted by Gasteiger charge is 2.04. The van der Waals surface area contributed by atoms with Gasteiger partial charge in [0, 0.05) is 11.8 Å². The molecule has 0 saturated heterocycles. The minimum atomic E-state index is 0.0853. The maximum atomic E-state index is 5.84. The number of anilines is 1. The molecule has 0 heterocycles. The van der Waals surface area contributed by atoms with Gasteiger partial charge < -0.3 is 14.8 Å². The zero-order valence-electron chi connectivity index (χ0n) is 12.9. The molecule has 2 rings (SSSR count). The lowest BCUT2D eigenvalue weighted by atomic mass is 10.2. The van der Waals surface area contributed by atoms with E-state index in [0.29, 0.717) is 0 Å². The molecule has 2 aromatic carbocycles. The zero-order chi connectivity index (χ0) is 15.1. The highest BCUT2D eigenvalue weighted by molar-refractivity contribution is 5.48. The van der Waals surface area contributed by atoms with E-state index in [1.165, 1.54) is 0 Å². The fourth-order valence-electron chi connectivity index (χ4n) is 1.99. The van der Waals surface area contributed by atoms with Crippen molar-refractivity contribution in [3.63, 3.8) is 0 Å². The quantitative estimate of drug-likeness (QED) is 0.820. The van der Waals surface area contributed by atoms with E-state index in [2.05, 4.69) is 12.2 Å². The van der Waals surface area contributed by atoms with Gasteiger partial charge >= 0.3 is 0 Å². The van der Waals surface area contributed by atoms with Crippen molar-refractivity contribution in [1.82, 2.24) is 0 Å². The van der Waals surface area contributed by atoms with Crippen molar-refractivity contribution >= 4 is 5.69 Å². The average molecular weight is 285 g/mol. The summed E-state index contributed by atoms with van der Waals surface area (Å²) in [6.45, 7) is 6.83. The molecule has 0 saturated carbocycles. The van der Waals surface area contributed by atoms with Gasteiger partial charge in [0.05, 0.1) is 12.6 Å². The Kier molecular flexibility index (Phi) is 5.50. The topological polar surface area (TPSA) is 30.5 Å². The Bertz CT molecular complexity index is 540. The van der Waals surface area contributed by atoms with Crippen LogP contribution in [-0.4, -0.2) is 18.8 Å². The molecule has 2 aromatic rings. The molecule has 0 radical (unpaired) electrons. The molecule has 3 nitrogen and oxygen atoms in total. The molecule has 0 bridgehead atoms. The highest BCUT2D eigenvalue weighted by atomic mass is 16.5. The molecular formula is C18H23NO2. The summed E-state index contributed by atoms with van der Waals surface area (Å²) >= 11 is 0. The summed E-state index contributed by atoms with van der Waals surface area (Å²) in [5.41, 5.74) is 1.04. The van der Waals surface area contributed by atoms with Crippen LogP contribution in [0.5, 0.6) is 11.5 Å². The van der Waals surface area contributed by atoms with Gasteiger partial charge in [-0.25, -0.2) is 0 Å². The van der Waals surface area contributed by atoms with Gasteiger partial charge in [-0.05, 0) is 45.0 Å². The van der Waals surface area contributed by atoms with Gasteiger partial charge in [-0.2, -0.15) is 0 Å². The lowest BCUT2D eigenvalue weighted by Gasteiger charge is -2.17. The van der Waals surface area contributed by atoms with Gasteiger partial charge in [0.2, 0.25) is 0 Å². The van der Waals surface area contributed by atoms with Crippen molar-refractivity contribution in [1.29, 1.82) is 0 Å². The van der Waals surface area contributed by atoms with Gasteiger partial charge in [0.25, 0.3) is 0 Å². The number of hydrogen-bond acceptors (Lipinski definition) is 3. The average Bonchev–Trinajstić information content (AvgIpc) is 2.46. The van der Waals surface area contributed by atoms with Gasteiger partial charge in [0.15, 0.2) is 0 Å². The van der Waals surface area contributed by atoms with E-state index in [9.17, 15) is 0 Å². The molecule has 1 atom stereocenters. The molecule has 0 aromatic heterocycles. The second kappa shape index (κ2) is 7.58. The van der Waals surface area contributed by atoms with Gasteiger partial charge in [0.1, 0.15) is 17.6 Å². The summed E-state index contributed by atoms with van der Waals surface area (Å²) in [5.74, 6) is 1.77. The Hall–Kier alpha value is -2.16. The Labute approximate surface area is 126 Å². The molecule has 21 heavy (non-hydrogen) atoms. The first kappa shape index (κ1) is 15.2. The molecule has 0 fully saturated rings. The molecule has 0 spiro atoms. The van der Waals surface area contributed by atoms with E-state index in [0.717, 1.165) is 23.7 Å². The third-order valence-electron chi connectivity index (χ3n) is 2.88. The largest absolute Gasteiger partial charge is 0.491 e. The second-order valence-corrected chi connectivity index (χ2v) is 5.32. The van der Waals surface area contributed by atoms with Crippen LogP contribution >= 0.6 is 0 Å². The van der Waals surface area contributed by atoms with Crippen LogP contribution < -0.4 is 14.8 Å². The lowest BCUT2D eigenvalue weighted by molar-refractivity contribution is 0.234. The Morgan fingerprint density at radius 3 is 2.29 bits per heavy atom. The number of rotatable bonds is 7. The van der Waals surface area contributed by atoms with Crippen LogP contribution in [0.25, 0.3) is 0 Å². The van der Waals surface area contributed by atoms with Crippen molar-refractivity contribution in [2.24, 2.45) is 0 Å². The van der Waals surface area contributed by atoms with Crippen molar-refractivity contribution < 1.29 is 9.47 Å². The fourth-order valence-corrected chi connectivity index (χ4v) is 1.99. The van der Waals surface area contributed by atoms with Crippen LogP contribution in [0.1, 0.15) is 20.8 Å². The second-order valence-electron chi connectivity index (χ2n) is 5.32. The Morgan fingerprint density at radius 2 is 1.57 bits per heavy atom. The molecule has 0 aliphatic carbocycles. The predicted molar refractivity (Wildman–Crippen MR) is 87.2 cm³/mol. The number of para-hydroxylation sites is 1. The van der Waals surface area contributed by atoms with Crippen LogP contribution in [0.4, 0.5) is 5.69 Å². The van der Waals surface area contributed by atoms with E-state index in [1.54, 1.807) is 0 Å². The smallest absolute Gasteiger partial charge is 0.121 e. The molecule has 0 aliphatic heterocycles. The van der Waals surface area contributed by atoms with Crippen molar-refractivity contribution in [2.75, 3.05) is 11.9 Å². The minimum absolute atomic E-state index is 0.0853. The normalized spacial score (nSPS) is 12.0. The molecule has 3 heteroatoms. The van der Waals surface area contributed by atoms with Crippen molar-refractivity contribution in [3.8, 4) is 11.5 Å². The van der Waals surface area contributed by atoms with E-state index in [1.807, 2.05) is 68.4 Å². The zero-order valence-corrected chi connectivity index (χ0v) is 12.9. The summed E-state index contributed by atoms with van der Waals surface area (Å²) in [7, 11) is 0. The van der Waals surface area contributed by atoms with Crippen LogP contribution in [0.2, 0.25) is 0 Å². The molecule has 112 valence electrons. The van der Waals surface area contributed by atoms with Crippen LogP contribution in [0.15, 0.2) is 54.6 Å². The third-order valence-corrected chi connectivity index (χ3v) is 2.88. The monoisotopic (exact) mass is 285 g/mol. The number of benzene rings is 2. The first-order valence-electron chi connectivity index (χ1n) is 7.36. The number of hydrogen-bond donors (Lipinski definition) is 1. The van der Waals surface area contributed by atoms with Crippen LogP contribution in [0.3, 0.4) is 0 Å². The molecule has 1 N–H and O–H groups in total. The summed E-state index contributed by atoms with van der Waals surface area (Å²) < 4.78 is 11.5. The lowest BCUT2D eigenvalue weighted by Crippen LogP contribution is -2.22. The third kappa shape index (κ3) is 5.38.